The molecule has 0 aliphatic carbocycles. The molecule has 0 aliphatic heterocycles. The fourth-order valence-corrected chi connectivity index (χ4v) is 2.12. The number of carboxylic acid groups (broad SMARTS) is 1. The minimum atomic E-state index is -1.44. The van der Waals surface area contributed by atoms with Crippen LogP contribution in [0.4, 0.5) is 0 Å². The Kier molecular flexibility index (Phi) is 11.2. The maximum Gasteiger partial charge on any atom is 0.326 e. The molecule has 13 nitrogen and oxygen atoms in total. The number of guanidine groups is 1. The number of carboxylic acids is 1. The van der Waals surface area contributed by atoms with Crippen LogP contribution in [0.5, 0.6) is 0 Å². The normalized spacial score (nSPS) is 14.8. The summed E-state index contributed by atoms with van der Waals surface area (Å²) >= 11 is 0. The smallest absolute Gasteiger partial charge is 0.326 e. The maximum atomic E-state index is 12.3. The Morgan fingerprint density at radius 3 is 2.11 bits per heavy atom. The number of aliphatic hydroxyl groups is 1. The Morgan fingerprint density at radius 1 is 1.04 bits per heavy atom. The lowest BCUT2D eigenvalue weighted by atomic mass is 10.1. The average Bonchev–Trinajstić information content (AvgIpc) is 2.58. The van der Waals surface area contributed by atoms with Crippen molar-refractivity contribution in [1.29, 1.82) is 0 Å². The second kappa shape index (κ2) is 12.5. The third-order valence-electron chi connectivity index (χ3n) is 3.66. The lowest BCUT2D eigenvalue weighted by Gasteiger charge is -2.24. The van der Waals surface area contributed by atoms with E-state index >= 15 is 0 Å². The van der Waals surface area contributed by atoms with Gasteiger partial charge in [-0.2, -0.15) is 0 Å². The van der Waals surface area contributed by atoms with E-state index in [0.29, 0.717) is 0 Å². The Bertz CT molecular complexity index is 591. The first-order chi connectivity index (χ1) is 13.0. The van der Waals surface area contributed by atoms with Crippen LogP contribution >= 0.6 is 0 Å². The molecule has 4 unspecified atom stereocenters. The number of hydrogen-bond acceptors (Lipinski definition) is 7. The highest BCUT2D eigenvalue weighted by molar-refractivity contribution is 5.92. The highest BCUT2D eigenvalue weighted by Gasteiger charge is 2.30. The van der Waals surface area contributed by atoms with E-state index in [2.05, 4.69) is 15.6 Å². The van der Waals surface area contributed by atoms with Gasteiger partial charge in [-0.05, 0) is 26.2 Å². The van der Waals surface area contributed by atoms with E-state index in [1.807, 2.05) is 0 Å². The summed E-state index contributed by atoms with van der Waals surface area (Å²) in [4.78, 5) is 50.1. The number of rotatable bonds is 13. The fraction of sp³-hybridized carbons (Fsp3) is 0.667. The minimum Gasteiger partial charge on any atom is -0.480 e. The summed E-state index contributed by atoms with van der Waals surface area (Å²) in [7, 11) is 0. The van der Waals surface area contributed by atoms with E-state index in [1.165, 1.54) is 6.92 Å². The van der Waals surface area contributed by atoms with Crippen molar-refractivity contribution < 1.29 is 29.4 Å². The first-order valence-electron chi connectivity index (χ1n) is 8.56. The molecule has 0 spiro atoms. The predicted molar refractivity (Wildman–Crippen MR) is 99.5 cm³/mol. The largest absolute Gasteiger partial charge is 0.480 e. The molecule has 12 N–H and O–H groups in total. The second-order valence-corrected chi connectivity index (χ2v) is 6.19. The van der Waals surface area contributed by atoms with Crippen LogP contribution in [0.3, 0.4) is 0 Å². The maximum absolute atomic E-state index is 12.3. The number of primary amides is 1. The molecule has 0 radical (unpaired) electrons. The highest BCUT2D eigenvalue weighted by atomic mass is 16.4. The Hall–Kier alpha value is -2.93. The molecule has 0 fully saturated rings. The van der Waals surface area contributed by atoms with E-state index in [-0.39, 0.29) is 38.2 Å². The Labute approximate surface area is 161 Å². The molecule has 13 heteroatoms. The van der Waals surface area contributed by atoms with Crippen LogP contribution in [0, 0.1) is 0 Å². The summed E-state index contributed by atoms with van der Waals surface area (Å²) in [6.45, 7) is 1.42. The van der Waals surface area contributed by atoms with Gasteiger partial charge in [-0.3, -0.25) is 19.4 Å². The van der Waals surface area contributed by atoms with Gasteiger partial charge >= 0.3 is 5.97 Å². The number of amides is 3. The van der Waals surface area contributed by atoms with Crippen molar-refractivity contribution in [2.24, 2.45) is 27.9 Å². The lowest BCUT2D eigenvalue weighted by molar-refractivity contribution is -0.143. The third-order valence-corrected chi connectivity index (χ3v) is 3.66. The molecule has 0 aromatic rings. The molecule has 0 aliphatic rings. The highest BCUT2D eigenvalue weighted by Crippen LogP contribution is 2.03. The molecule has 3 amide bonds. The van der Waals surface area contributed by atoms with Crippen LogP contribution in [0.2, 0.25) is 0 Å². The van der Waals surface area contributed by atoms with Gasteiger partial charge in [0.15, 0.2) is 5.96 Å². The summed E-state index contributed by atoms with van der Waals surface area (Å²) < 4.78 is 0. The van der Waals surface area contributed by atoms with Crippen LogP contribution in [0.15, 0.2) is 4.99 Å². The summed E-state index contributed by atoms with van der Waals surface area (Å²) in [6, 6.07) is -3.84. The number of hydrogen-bond donors (Lipinski definition) is 8. The Balaban J connectivity index is 4.88. The first kappa shape index (κ1) is 25.1. The molecule has 0 rings (SSSR count). The summed E-state index contributed by atoms with van der Waals surface area (Å²) in [5, 5.41) is 23.5. The van der Waals surface area contributed by atoms with Crippen molar-refractivity contribution in [3.63, 3.8) is 0 Å². The van der Waals surface area contributed by atoms with Crippen molar-refractivity contribution >= 4 is 29.7 Å². The molecule has 0 saturated carbocycles. The molecular formula is C15H29N7O6. The van der Waals surface area contributed by atoms with E-state index in [0.717, 1.165) is 0 Å². The van der Waals surface area contributed by atoms with Crippen LogP contribution < -0.4 is 33.6 Å². The zero-order valence-electron chi connectivity index (χ0n) is 15.6. The topological polar surface area (TPSA) is 249 Å². The number of nitrogens with one attached hydrogen (secondary N) is 2. The number of nitrogens with zero attached hydrogens (tertiary/aromatic N) is 1. The van der Waals surface area contributed by atoms with Gasteiger partial charge in [-0.15, -0.1) is 0 Å². The van der Waals surface area contributed by atoms with E-state index in [4.69, 9.17) is 22.9 Å². The summed E-state index contributed by atoms with van der Waals surface area (Å²) in [6.07, 6.45) is -1.20. The van der Waals surface area contributed by atoms with Gasteiger partial charge < -0.3 is 43.8 Å². The van der Waals surface area contributed by atoms with Gasteiger partial charge in [-0.25, -0.2) is 4.79 Å². The predicted octanol–water partition coefficient (Wildman–Crippen LogP) is -3.93. The summed E-state index contributed by atoms with van der Waals surface area (Å²) in [5.41, 5.74) is 20.9. The van der Waals surface area contributed by atoms with E-state index in [9.17, 15) is 29.4 Å². The quantitative estimate of drug-likeness (QED) is 0.0847. The lowest BCUT2D eigenvalue weighted by Crippen LogP contribution is -2.58. The van der Waals surface area contributed by atoms with Gasteiger partial charge in [0.2, 0.25) is 17.7 Å². The molecule has 28 heavy (non-hydrogen) atoms. The second-order valence-electron chi connectivity index (χ2n) is 6.19. The number of carbonyl (C=O) groups excluding carboxylic acids is 3. The van der Waals surface area contributed by atoms with Crippen LogP contribution in [-0.2, 0) is 19.2 Å². The van der Waals surface area contributed by atoms with Gasteiger partial charge in [0.05, 0.1) is 12.1 Å². The van der Waals surface area contributed by atoms with Crippen molar-refractivity contribution in [2.75, 3.05) is 6.54 Å². The number of aliphatic carboxylic acids is 1. The van der Waals surface area contributed by atoms with Crippen molar-refractivity contribution in [1.82, 2.24) is 10.6 Å². The van der Waals surface area contributed by atoms with Gasteiger partial charge in [0, 0.05) is 13.0 Å². The van der Waals surface area contributed by atoms with E-state index < -0.39 is 47.9 Å². The van der Waals surface area contributed by atoms with Gasteiger partial charge in [0.1, 0.15) is 12.1 Å². The van der Waals surface area contributed by atoms with Crippen molar-refractivity contribution in [3.05, 3.63) is 0 Å². The van der Waals surface area contributed by atoms with Crippen LogP contribution in [0.25, 0.3) is 0 Å². The number of aliphatic imine (C=N–C) groups is 1. The molecule has 0 heterocycles. The fourth-order valence-electron chi connectivity index (χ4n) is 2.12. The van der Waals surface area contributed by atoms with Crippen molar-refractivity contribution in [3.8, 4) is 0 Å². The summed E-state index contributed by atoms with van der Waals surface area (Å²) in [5.74, 6) is -3.77. The van der Waals surface area contributed by atoms with Crippen molar-refractivity contribution in [2.45, 2.75) is 56.8 Å². The van der Waals surface area contributed by atoms with Crippen LogP contribution in [0.1, 0.15) is 32.6 Å². The SMILES string of the molecule is CC(O)C(NC(=O)C(N)CCC(N)=O)C(=O)NC(CCCN=C(N)N)C(=O)O. The van der Waals surface area contributed by atoms with E-state index in [1.54, 1.807) is 0 Å². The Morgan fingerprint density at radius 2 is 1.64 bits per heavy atom. The molecule has 0 saturated heterocycles. The van der Waals surface area contributed by atoms with Crippen LogP contribution in [-0.4, -0.2) is 70.6 Å². The number of carbonyl (C=O) groups is 4. The molecule has 160 valence electrons. The average molecular weight is 403 g/mol. The molecule has 0 aromatic carbocycles. The van der Waals surface area contributed by atoms with Gasteiger partial charge in [0.25, 0.3) is 0 Å². The third kappa shape index (κ3) is 10.3. The monoisotopic (exact) mass is 403 g/mol. The molecular weight excluding hydrogens is 374 g/mol. The molecule has 4 atom stereocenters. The number of aliphatic hydroxyl groups excluding tert-OH is 1. The first-order valence-corrected chi connectivity index (χ1v) is 8.56. The molecule has 0 aromatic heterocycles. The van der Waals surface area contributed by atoms with Gasteiger partial charge in [-0.1, -0.05) is 0 Å². The standard InChI is InChI=1S/C15H29N7O6/c1-7(23)11(22-12(25)8(16)4-5-10(17)24)13(26)21-9(14(27)28)3-2-6-20-15(18)19/h7-9,11,23H,2-6,16H2,1H3,(H2,17,24)(H,21,26)(H,22,25)(H,27,28)(H4,18,19,20). The molecule has 0 bridgehead atoms. The minimum absolute atomic E-state index is 0.0243. The zero-order chi connectivity index (χ0) is 21.9. The number of nitrogens with two attached hydrogens (primary N) is 4. The zero-order valence-corrected chi connectivity index (χ0v) is 15.6.